The van der Waals surface area contributed by atoms with Crippen LogP contribution in [0, 0.1) is 20.8 Å². The van der Waals surface area contributed by atoms with Gasteiger partial charge in [-0.15, -0.1) is 11.3 Å². The second kappa shape index (κ2) is 7.88. The maximum atomic E-state index is 12.7. The largest absolute Gasteiger partial charge is 0.488 e. The molecule has 2 saturated heterocycles. The van der Waals surface area contributed by atoms with Gasteiger partial charge in [-0.3, -0.25) is 4.79 Å². The van der Waals surface area contributed by atoms with Gasteiger partial charge in [-0.25, -0.2) is 0 Å². The lowest BCUT2D eigenvalue weighted by Crippen LogP contribution is -2.48. The predicted octanol–water partition coefficient (Wildman–Crippen LogP) is 4.61. The molecule has 2 unspecified atom stereocenters. The summed E-state index contributed by atoms with van der Waals surface area (Å²) in [7, 11) is 2.23. The molecule has 4 nitrogen and oxygen atoms in total. The summed E-state index contributed by atoms with van der Waals surface area (Å²) >= 11 is 1.51. The smallest absolute Gasteiger partial charge is 0.261 e. The normalized spacial score (nSPS) is 24.4. The number of carbonyl (C=O) groups is 1. The van der Waals surface area contributed by atoms with Gasteiger partial charge in [0.05, 0.1) is 4.88 Å². The number of fused-ring (bicyclic) bond motifs is 2. The van der Waals surface area contributed by atoms with Crippen LogP contribution < -0.4 is 10.1 Å². The Kier molecular flexibility index (Phi) is 5.48. The fraction of sp³-hybridized carbons (Fsp3) is 0.522. The minimum absolute atomic E-state index is 0.0629. The van der Waals surface area contributed by atoms with Crippen LogP contribution in [0.4, 0.5) is 0 Å². The van der Waals surface area contributed by atoms with Gasteiger partial charge in [0.1, 0.15) is 12.4 Å². The highest BCUT2D eigenvalue weighted by atomic mass is 32.1. The number of benzene rings is 1. The summed E-state index contributed by atoms with van der Waals surface area (Å²) in [5.74, 6) is 1.01. The first-order valence-corrected chi connectivity index (χ1v) is 11.1. The fourth-order valence-corrected chi connectivity index (χ4v) is 5.71. The van der Waals surface area contributed by atoms with Crippen LogP contribution in [0.15, 0.2) is 23.6 Å². The number of hydrogen-bond acceptors (Lipinski definition) is 4. The molecule has 150 valence electrons. The van der Waals surface area contributed by atoms with Crippen molar-refractivity contribution in [3.05, 3.63) is 50.7 Å². The highest BCUT2D eigenvalue weighted by Crippen LogP contribution is 2.34. The SMILES string of the molecule is Cc1cc(C)c(OCc2csc(C(=O)NC3CC4CCC(C3)N4C)c2)c(C)c1. The molecule has 2 aliphatic heterocycles. The molecule has 2 aromatic rings. The van der Waals surface area contributed by atoms with Gasteiger partial charge in [-0.1, -0.05) is 17.7 Å². The van der Waals surface area contributed by atoms with Gasteiger partial charge >= 0.3 is 0 Å². The number of nitrogens with zero attached hydrogens (tertiary/aromatic N) is 1. The average molecular weight is 399 g/mol. The highest BCUT2D eigenvalue weighted by molar-refractivity contribution is 7.12. The van der Waals surface area contributed by atoms with E-state index in [0.29, 0.717) is 24.7 Å². The molecule has 1 aromatic heterocycles. The Labute approximate surface area is 171 Å². The quantitative estimate of drug-likeness (QED) is 0.800. The Morgan fingerprint density at radius 2 is 1.79 bits per heavy atom. The summed E-state index contributed by atoms with van der Waals surface area (Å²) in [6, 6.07) is 7.84. The lowest BCUT2D eigenvalue weighted by Gasteiger charge is -2.36. The number of carbonyl (C=O) groups excluding carboxylic acids is 1. The molecule has 28 heavy (non-hydrogen) atoms. The zero-order valence-corrected chi connectivity index (χ0v) is 18.1. The van der Waals surface area contributed by atoms with Crippen molar-refractivity contribution in [2.45, 2.75) is 71.2 Å². The molecular weight excluding hydrogens is 368 g/mol. The van der Waals surface area contributed by atoms with Gasteiger partial charge in [0.25, 0.3) is 5.91 Å². The van der Waals surface area contributed by atoms with Gasteiger partial charge in [0, 0.05) is 23.7 Å². The van der Waals surface area contributed by atoms with E-state index in [2.05, 4.69) is 50.2 Å². The number of rotatable bonds is 5. The van der Waals surface area contributed by atoms with E-state index in [9.17, 15) is 4.79 Å². The van der Waals surface area contributed by atoms with E-state index in [1.807, 2.05) is 11.4 Å². The van der Waals surface area contributed by atoms with Crippen LogP contribution in [-0.4, -0.2) is 36.0 Å². The number of thiophene rings is 1. The summed E-state index contributed by atoms with van der Waals surface area (Å²) in [6.45, 7) is 6.75. The number of piperidine rings is 1. The predicted molar refractivity (Wildman–Crippen MR) is 114 cm³/mol. The zero-order valence-electron chi connectivity index (χ0n) is 17.2. The first-order chi connectivity index (χ1) is 13.4. The maximum absolute atomic E-state index is 12.7. The standard InChI is InChI=1S/C23H30N2O2S/c1-14-7-15(2)22(16(3)8-14)27-12-17-9-21(28-13-17)23(26)24-18-10-19-5-6-20(11-18)25(19)4/h7-9,13,18-20H,5-6,10-12H2,1-4H3,(H,24,26). The molecule has 1 N–H and O–H groups in total. The van der Waals surface area contributed by atoms with Gasteiger partial charge in [-0.2, -0.15) is 0 Å². The molecule has 2 fully saturated rings. The highest BCUT2D eigenvalue weighted by Gasteiger charge is 2.38. The van der Waals surface area contributed by atoms with Crippen molar-refractivity contribution in [2.24, 2.45) is 0 Å². The molecule has 1 aromatic carbocycles. The molecule has 2 atom stereocenters. The van der Waals surface area contributed by atoms with E-state index >= 15 is 0 Å². The first kappa shape index (κ1) is 19.5. The summed E-state index contributed by atoms with van der Waals surface area (Å²) < 4.78 is 6.07. The van der Waals surface area contributed by atoms with Crippen molar-refractivity contribution in [1.82, 2.24) is 10.2 Å². The van der Waals surface area contributed by atoms with Crippen LogP contribution in [0.3, 0.4) is 0 Å². The molecule has 0 radical (unpaired) electrons. The second-order valence-electron chi connectivity index (χ2n) is 8.53. The molecule has 0 spiro atoms. The van der Waals surface area contributed by atoms with Crippen molar-refractivity contribution in [2.75, 3.05) is 7.05 Å². The lowest BCUT2D eigenvalue weighted by molar-refractivity contribution is 0.0886. The Balaban J connectivity index is 1.35. The Bertz CT molecular complexity index is 838. The molecule has 0 aliphatic carbocycles. The third-order valence-electron chi connectivity index (χ3n) is 6.30. The van der Waals surface area contributed by atoms with Crippen molar-refractivity contribution < 1.29 is 9.53 Å². The van der Waals surface area contributed by atoms with Crippen LogP contribution in [0.2, 0.25) is 0 Å². The van der Waals surface area contributed by atoms with Gasteiger partial charge in [0.2, 0.25) is 0 Å². The zero-order chi connectivity index (χ0) is 19.8. The Morgan fingerprint density at radius 1 is 1.14 bits per heavy atom. The van der Waals surface area contributed by atoms with Crippen molar-refractivity contribution in [1.29, 1.82) is 0 Å². The lowest BCUT2D eigenvalue weighted by atomic mass is 9.98. The molecule has 2 aliphatic rings. The van der Waals surface area contributed by atoms with Crippen LogP contribution in [-0.2, 0) is 6.61 Å². The monoisotopic (exact) mass is 398 g/mol. The molecule has 4 rings (SSSR count). The number of hydrogen-bond donors (Lipinski definition) is 1. The summed E-state index contributed by atoms with van der Waals surface area (Å²) in [5, 5.41) is 5.31. The second-order valence-corrected chi connectivity index (χ2v) is 9.44. The Hall–Kier alpha value is -1.85. The van der Waals surface area contributed by atoms with E-state index < -0.39 is 0 Å². The summed E-state index contributed by atoms with van der Waals surface area (Å²) in [5.41, 5.74) is 4.61. The van der Waals surface area contributed by atoms with E-state index in [0.717, 1.165) is 40.2 Å². The van der Waals surface area contributed by atoms with Gasteiger partial charge in [0.15, 0.2) is 0 Å². The topological polar surface area (TPSA) is 41.6 Å². The molecule has 1 amide bonds. The summed E-state index contributed by atoms with van der Waals surface area (Å²) in [4.78, 5) is 16.0. The average Bonchev–Trinajstić information content (AvgIpc) is 3.16. The van der Waals surface area contributed by atoms with E-state index in [4.69, 9.17) is 4.74 Å². The van der Waals surface area contributed by atoms with Gasteiger partial charge in [-0.05, 0) is 76.1 Å². The number of amides is 1. The number of ether oxygens (including phenoxy) is 1. The van der Waals surface area contributed by atoms with Crippen molar-refractivity contribution in [3.8, 4) is 5.75 Å². The van der Waals surface area contributed by atoms with Crippen LogP contribution in [0.5, 0.6) is 5.75 Å². The maximum Gasteiger partial charge on any atom is 0.261 e. The minimum atomic E-state index is 0.0629. The summed E-state index contributed by atoms with van der Waals surface area (Å²) in [6.07, 6.45) is 4.69. The molecular formula is C23H30N2O2S. The van der Waals surface area contributed by atoms with E-state index in [1.165, 1.54) is 29.7 Å². The van der Waals surface area contributed by atoms with Crippen LogP contribution in [0.25, 0.3) is 0 Å². The molecule has 5 heteroatoms. The van der Waals surface area contributed by atoms with E-state index in [-0.39, 0.29) is 5.91 Å². The van der Waals surface area contributed by atoms with Crippen LogP contribution >= 0.6 is 11.3 Å². The molecule has 2 bridgehead atoms. The molecule has 3 heterocycles. The fourth-order valence-electron chi connectivity index (χ4n) is 4.91. The number of aryl methyl sites for hydroxylation is 3. The Morgan fingerprint density at radius 3 is 2.43 bits per heavy atom. The van der Waals surface area contributed by atoms with E-state index in [1.54, 1.807) is 0 Å². The third-order valence-corrected chi connectivity index (χ3v) is 7.28. The minimum Gasteiger partial charge on any atom is -0.488 e. The van der Waals surface area contributed by atoms with Crippen molar-refractivity contribution in [3.63, 3.8) is 0 Å². The van der Waals surface area contributed by atoms with Crippen molar-refractivity contribution >= 4 is 17.2 Å². The molecule has 0 saturated carbocycles. The van der Waals surface area contributed by atoms with Gasteiger partial charge < -0.3 is 15.0 Å². The third kappa shape index (κ3) is 3.96. The van der Waals surface area contributed by atoms with Crippen LogP contribution in [0.1, 0.15) is 57.6 Å². The first-order valence-electron chi connectivity index (χ1n) is 10.2. The number of nitrogens with one attached hydrogen (secondary N) is 1.